The molecule has 0 aromatic carbocycles. The van der Waals surface area contributed by atoms with Gasteiger partial charge in [-0.3, -0.25) is 4.79 Å². The van der Waals surface area contributed by atoms with Crippen LogP contribution in [0.5, 0.6) is 0 Å². The first-order valence-electron chi connectivity index (χ1n) is 9.51. The van der Waals surface area contributed by atoms with Crippen LogP contribution >= 0.6 is 0 Å². The van der Waals surface area contributed by atoms with Crippen LogP contribution < -0.4 is 20.4 Å². The zero-order chi connectivity index (χ0) is 17.2. The molecular formula is C17H27N7O. The van der Waals surface area contributed by atoms with E-state index in [1.165, 1.54) is 25.7 Å². The molecular weight excluding hydrogens is 318 g/mol. The molecule has 4 heterocycles. The van der Waals surface area contributed by atoms with E-state index in [0.29, 0.717) is 0 Å². The van der Waals surface area contributed by atoms with Gasteiger partial charge >= 0.3 is 0 Å². The fourth-order valence-corrected chi connectivity index (χ4v) is 3.97. The first kappa shape index (κ1) is 16.4. The number of primary amides is 1. The largest absolute Gasteiger partial charge is 0.369 e. The van der Waals surface area contributed by atoms with Crippen molar-refractivity contribution in [3.63, 3.8) is 0 Å². The number of hydrogen-bond donors (Lipinski definition) is 1. The Balaban J connectivity index is 1.58. The van der Waals surface area contributed by atoms with Crippen molar-refractivity contribution in [2.75, 3.05) is 54.0 Å². The van der Waals surface area contributed by atoms with Gasteiger partial charge in [0.25, 0.3) is 0 Å². The molecule has 0 unspecified atom stereocenters. The van der Waals surface area contributed by atoms with Crippen LogP contribution in [0.3, 0.4) is 0 Å². The summed E-state index contributed by atoms with van der Waals surface area (Å²) in [6.07, 6.45) is 6.35. The van der Waals surface area contributed by atoms with Gasteiger partial charge in [-0.05, 0) is 38.5 Å². The number of nitrogens with two attached hydrogens (primary N) is 1. The van der Waals surface area contributed by atoms with E-state index in [1.807, 2.05) is 0 Å². The number of anilines is 3. The molecule has 8 heteroatoms. The first-order chi connectivity index (χ1) is 12.2. The van der Waals surface area contributed by atoms with Gasteiger partial charge in [0, 0.05) is 45.2 Å². The molecule has 0 saturated carbocycles. The quantitative estimate of drug-likeness (QED) is 0.862. The standard InChI is InChI=1S/C17H27N7O/c18-14(25)13-5-11-24(12-6-13)17-20-15(22-7-1-2-8-22)19-16(21-17)23-9-3-4-10-23/h13H,1-12H2,(H2,18,25). The minimum atomic E-state index is -0.189. The second kappa shape index (κ2) is 7.01. The van der Waals surface area contributed by atoms with Crippen LogP contribution in [0.1, 0.15) is 38.5 Å². The molecule has 0 bridgehead atoms. The van der Waals surface area contributed by atoms with E-state index in [4.69, 9.17) is 20.7 Å². The third kappa shape index (κ3) is 3.48. The Morgan fingerprint density at radius 3 is 1.44 bits per heavy atom. The van der Waals surface area contributed by atoms with Crippen molar-refractivity contribution in [3.8, 4) is 0 Å². The Hall–Kier alpha value is -2.12. The van der Waals surface area contributed by atoms with Gasteiger partial charge in [0.05, 0.1) is 0 Å². The van der Waals surface area contributed by atoms with Crippen LogP contribution in [-0.4, -0.2) is 60.1 Å². The number of carbonyl (C=O) groups is 1. The third-order valence-corrected chi connectivity index (χ3v) is 5.56. The molecule has 1 amide bonds. The number of rotatable bonds is 4. The van der Waals surface area contributed by atoms with Crippen molar-refractivity contribution in [1.29, 1.82) is 0 Å². The minimum absolute atomic E-state index is 0.0193. The summed E-state index contributed by atoms with van der Waals surface area (Å²) < 4.78 is 0. The molecule has 3 aliphatic rings. The van der Waals surface area contributed by atoms with E-state index in [9.17, 15) is 4.79 Å². The predicted molar refractivity (Wildman–Crippen MR) is 96.9 cm³/mol. The third-order valence-electron chi connectivity index (χ3n) is 5.56. The molecule has 0 spiro atoms. The number of amides is 1. The summed E-state index contributed by atoms with van der Waals surface area (Å²) in [5, 5.41) is 0. The first-order valence-corrected chi connectivity index (χ1v) is 9.51. The molecule has 3 saturated heterocycles. The summed E-state index contributed by atoms with van der Waals surface area (Å²) >= 11 is 0. The molecule has 2 N–H and O–H groups in total. The number of nitrogens with zero attached hydrogens (tertiary/aromatic N) is 6. The van der Waals surface area contributed by atoms with Crippen LogP contribution in [0, 0.1) is 5.92 Å². The Morgan fingerprint density at radius 1 is 0.720 bits per heavy atom. The number of aromatic nitrogens is 3. The van der Waals surface area contributed by atoms with Gasteiger partial charge in [0.2, 0.25) is 23.8 Å². The SMILES string of the molecule is NC(=O)C1CCN(c2nc(N3CCCC3)nc(N3CCCC3)n2)CC1. The Kier molecular flexibility index (Phi) is 4.59. The number of hydrogen-bond acceptors (Lipinski definition) is 7. The van der Waals surface area contributed by atoms with Gasteiger partial charge < -0.3 is 20.4 Å². The highest BCUT2D eigenvalue weighted by Gasteiger charge is 2.27. The van der Waals surface area contributed by atoms with Crippen LogP contribution in [0.15, 0.2) is 0 Å². The van der Waals surface area contributed by atoms with E-state index < -0.39 is 0 Å². The maximum Gasteiger partial charge on any atom is 0.231 e. The van der Waals surface area contributed by atoms with Crippen molar-refractivity contribution in [2.45, 2.75) is 38.5 Å². The molecule has 25 heavy (non-hydrogen) atoms. The van der Waals surface area contributed by atoms with E-state index in [2.05, 4.69) is 14.7 Å². The van der Waals surface area contributed by atoms with Crippen molar-refractivity contribution >= 4 is 23.8 Å². The van der Waals surface area contributed by atoms with Crippen LogP contribution in [0.2, 0.25) is 0 Å². The zero-order valence-electron chi connectivity index (χ0n) is 14.7. The van der Waals surface area contributed by atoms with E-state index in [0.717, 1.165) is 70.0 Å². The summed E-state index contributed by atoms with van der Waals surface area (Å²) in [7, 11) is 0. The molecule has 3 fully saturated rings. The molecule has 0 atom stereocenters. The van der Waals surface area contributed by atoms with Crippen molar-refractivity contribution < 1.29 is 4.79 Å². The molecule has 0 aliphatic carbocycles. The summed E-state index contributed by atoms with van der Waals surface area (Å²) in [6, 6.07) is 0. The van der Waals surface area contributed by atoms with Gasteiger partial charge in [-0.15, -0.1) is 0 Å². The lowest BCUT2D eigenvalue weighted by Crippen LogP contribution is -2.40. The Bertz CT molecular complexity index is 583. The van der Waals surface area contributed by atoms with Crippen LogP contribution in [-0.2, 0) is 4.79 Å². The predicted octanol–water partition coefficient (Wildman–Crippen LogP) is 0.774. The highest BCUT2D eigenvalue weighted by atomic mass is 16.1. The second-order valence-electron chi connectivity index (χ2n) is 7.29. The Labute approximate surface area is 148 Å². The number of carbonyl (C=O) groups excluding carboxylic acids is 1. The van der Waals surface area contributed by atoms with E-state index in [1.54, 1.807) is 0 Å². The normalized spacial score (nSPS) is 22.0. The van der Waals surface area contributed by atoms with E-state index >= 15 is 0 Å². The van der Waals surface area contributed by atoms with Crippen LogP contribution in [0.4, 0.5) is 17.8 Å². The van der Waals surface area contributed by atoms with Crippen molar-refractivity contribution in [1.82, 2.24) is 15.0 Å². The lowest BCUT2D eigenvalue weighted by Gasteiger charge is -2.31. The Morgan fingerprint density at radius 2 is 1.08 bits per heavy atom. The maximum atomic E-state index is 11.4. The second-order valence-corrected chi connectivity index (χ2v) is 7.29. The van der Waals surface area contributed by atoms with Gasteiger partial charge in [0.15, 0.2) is 0 Å². The van der Waals surface area contributed by atoms with Gasteiger partial charge in [-0.2, -0.15) is 15.0 Å². The maximum absolute atomic E-state index is 11.4. The molecule has 3 aliphatic heterocycles. The topological polar surface area (TPSA) is 91.5 Å². The summed E-state index contributed by atoms with van der Waals surface area (Å²) in [4.78, 5) is 32.4. The van der Waals surface area contributed by atoms with Gasteiger partial charge in [-0.1, -0.05) is 0 Å². The smallest absolute Gasteiger partial charge is 0.231 e. The monoisotopic (exact) mass is 345 g/mol. The summed E-state index contributed by atoms with van der Waals surface area (Å²) in [5.41, 5.74) is 5.45. The highest BCUT2D eigenvalue weighted by Crippen LogP contribution is 2.26. The molecule has 136 valence electrons. The molecule has 1 aromatic heterocycles. The fraction of sp³-hybridized carbons (Fsp3) is 0.765. The molecule has 1 aromatic rings. The molecule has 8 nitrogen and oxygen atoms in total. The van der Waals surface area contributed by atoms with Crippen LogP contribution in [0.25, 0.3) is 0 Å². The van der Waals surface area contributed by atoms with Crippen molar-refractivity contribution in [3.05, 3.63) is 0 Å². The van der Waals surface area contributed by atoms with Gasteiger partial charge in [0.1, 0.15) is 0 Å². The summed E-state index contributed by atoms with van der Waals surface area (Å²) in [6.45, 7) is 5.63. The lowest BCUT2D eigenvalue weighted by molar-refractivity contribution is -0.122. The summed E-state index contributed by atoms with van der Waals surface area (Å²) in [5.74, 6) is 2.16. The average molecular weight is 345 g/mol. The average Bonchev–Trinajstić information content (AvgIpc) is 3.35. The lowest BCUT2D eigenvalue weighted by atomic mass is 9.96. The molecule has 0 radical (unpaired) electrons. The zero-order valence-corrected chi connectivity index (χ0v) is 14.7. The highest BCUT2D eigenvalue weighted by molar-refractivity contribution is 5.76. The minimum Gasteiger partial charge on any atom is -0.369 e. The number of piperidine rings is 1. The van der Waals surface area contributed by atoms with E-state index in [-0.39, 0.29) is 11.8 Å². The fourth-order valence-electron chi connectivity index (χ4n) is 3.97. The molecule has 4 rings (SSSR count). The van der Waals surface area contributed by atoms with Gasteiger partial charge in [-0.25, -0.2) is 0 Å². The van der Waals surface area contributed by atoms with Crippen molar-refractivity contribution in [2.24, 2.45) is 11.7 Å².